The third-order valence-corrected chi connectivity index (χ3v) is 2.52. The van der Waals surface area contributed by atoms with Crippen LogP contribution in [0.15, 0.2) is 12.1 Å². The Balaban J connectivity index is 2.90. The number of aryl methyl sites for hydroxylation is 3. The van der Waals surface area contributed by atoms with Crippen LogP contribution in [-0.2, 0) is 6.42 Å². The van der Waals surface area contributed by atoms with Gasteiger partial charge >= 0.3 is 0 Å². The molecular formula is C14H19NO. The number of rotatable bonds is 5. The van der Waals surface area contributed by atoms with Crippen LogP contribution in [0.4, 0.5) is 0 Å². The molecule has 0 N–H and O–H groups in total. The summed E-state index contributed by atoms with van der Waals surface area (Å²) in [5, 5.41) is 8.54. The summed E-state index contributed by atoms with van der Waals surface area (Å²) in [5.74, 6) is 1.01. The summed E-state index contributed by atoms with van der Waals surface area (Å²) in [7, 11) is 0. The molecule has 1 aromatic rings. The van der Waals surface area contributed by atoms with Crippen molar-refractivity contribution >= 4 is 0 Å². The second kappa shape index (κ2) is 6.17. The van der Waals surface area contributed by atoms with Crippen molar-refractivity contribution in [2.24, 2.45) is 0 Å². The van der Waals surface area contributed by atoms with E-state index in [2.05, 4.69) is 32.0 Å². The van der Waals surface area contributed by atoms with Gasteiger partial charge in [0.2, 0.25) is 0 Å². The van der Waals surface area contributed by atoms with Crippen LogP contribution in [0.3, 0.4) is 0 Å². The van der Waals surface area contributed by atoms with E-state index >= 15 is 0 Å². The van der Waals surface area contributed by atoms with E-state index in [9.17, 15) is 0 Å². The summed E-state index contributed by atoms with van der Waals surface area (Å²) in [5.41, 5.74) is 3.68. The third-order valence-electron chi connectivity index (χ3n) is 2.52. The molecule has 86 valence electrons. The zero-order valence-electron chi connectivity index (χ0n) is 10.3. The number of hydrogen-bond acceptors (Lipinski definition) is 2. The quantitative estimate of drug-likeness (QED) is 0.707. The first-order valence-electron chi connectivity index (χ1n) is 5.79. The van der Waals surface area contributed by atoms with Gasteiger partial charge < -0.3 is 4.74 Å². The van der Waals surface area contributed by atoms with Crippen molar-refractivity contribution in [2.75, 3.05) is 6.61 Å². The molecule has 0 saturated heterocycles. The van der Waals surface area contributed by atoms with Crippen molar-refractivity contribution in [1.29, 1.82) is 5.26 Å². The van der Waals surface area contributed by atoms with E-state index in [4.69, 9.17) is 10.00 Å². The molecule has 2 heteroatoms. The molecule has 0 aliphatic carbocycles. The Bertz CT molecular complexity index is 390. The summed E-state index contributed by atoms with van der Waals surface area (Å²) < 4.78 is 5.67. The molecule has 0 amide bonds. The maximum atomic E-state index is 8.54. The Labute approximate surface area is 97.9 Å². The van der Waals surface area contributed by atoms with Crippen molar-refractivity contribution in [3.8, 4) is 11.8 Å². The van der Waals surface area contributed by atoms with E-state index in [1.807, 2.05) is 6.92 Å². The number of nitrogens with zero attached hydrogens (tertiary/aromatic N) is 1. The first-order chi connectivity index (χ1) is 7.69. The normalized spacial score (nSPS) is 9.88. The molecule has 0 aliphatic rings. The van der Waals surface area contributed by atoms with Gasteiger partial charge in [0.15, 0.2) is 0 Å². The molecule has 0 spiro atoms. The van der Waals surface area contributed by atoms with Crippen LogP contribution in [-0.4, -0.2) is 6.61 Å². The van der Waals surface area contributed by atoms with Gasteiger partial charge in [-0.05, 0) is 44.7 Å². The Morgan fingerprint density at radius 3 is 2.69 bits per heavy atom. The van der Waals surface area contributed by atoms with E-state index < -0.39 is 0 Å². The topological polar surface area (TPSA) is 33.0 Å². The lowest BCUT2D eigenvalue weighted by Crippen LogP contribution is -2.00. The molecule has 0 aromatic heterocycles. The van der Waals surface area contributed by atoms with Crippen LogP contribution < -0.4 is 4.74 Å². The molecule has 0 fully saturated rings. The maximum Gasteiger partial charge on any atom is 0.125 e. The largest absolute Gasteiger partial charge is 0.493 e. The van der Waals surface area contributed by atoms with E-state index in [-0.39, 0.29) is 0 Å². The van der Waals surface area contributed by atoms with Crippen molar-refractivity contribution < 1.29 is 4.74 Å². The highest BCUT2D eigenvalue weighted by Crippen LogP contribution is 2.26. The molecule has 0 radical (unpaired) electrons. The highest BCUT2D eigenvalue weighted by Gasteiger charge is 2.07. The predicted octanol–water partition coefficient (Wildman–Crippen LogP) is 3.55. The fourth-order valence-electron chi connectivity index (χ4n) is 1.94. The van der Waals surface area contributed by atoms with Gasteiger partial charge in [0, 0.05) is 6.42 Å². The summed E-state index contributed by atoms with van der Waals surface area (Å²) in [6.45, 7) is 6.86. The molecule has 16 heavy (non-hydrogen) atoms. The first kappa shape index (κ1) is 12.6. The Morgan fingerprint density at radius 2 is 2.06 bits per heavy atom. The Kier molecular flexibility index (Phi) is 4.85. The Morgan fingerprint density at radius 1 is 1.31 bits per heavy atom. The van der Waals surface area contributed by atoms with Crippen molar-refractivity contribution in [1.82, 2.24) is 0 Å². The lowest BCUT2D eigenvalue weighted by Gasteiger charge is -2.13. The van der Waals surface area contributed by atoms with Crippen LogP contribution in [0.1, 0.15) is 36.5 Å². The van der Waals surface area contributed by atoms with Gasteiger partial charge in [0.05, 0.1) is 12.7 Å². The second-order valence-electron chi connectivity index (χ2n) is 4.01. The number of nitriles is 1. The number of unbranched alkanes of at least 4 members (excludes halogenated alkanes) is 1. The lowest BCUT2D eigenvalue weighted by atomic mass is 10.0. The van der Waals surface area contributed by atoms with Crippen LogP contribution in [0.25, 0.3) is 0 Å². The standard InChI is InChI=1S/C14H19NO/c1-4-16-14-12(3)9-11(2)10-13(14)7-5-6-8-15/h9-10H,4-7H2,1-3H3. The van der Waals surface area contributed by atoms with Gasteiger partial charge in [-0.2, -0.15) is 5.26 Å². The minimum atomic E-state index is 0.610. The van der Waals surface area contributed by atoms with Gasteiger partial charge in [-0.15, -0.1) is 0 Å². The summed E-state index contributed by atoms with van der Waals surface area (Å²) in [6.07, 6.45) is 2.43. The molecule has 1 rings (SSSR count). The molecule has 0 saturated carbocycles. The summed E-state index contributed by atoms with van der Waals surface area (Å²) in [4.78, 5) is 0. The number of hydrogen-bond donors (Lipinski definition) is 0. The summed E-state index contributed by atoms with van der Waals surface area (Å²) in [6, 6.07) is 6.48. The average molecular weight is 217 g/mol. The van der Waals surface area contributed by atoms with Gasteiger partial charge in [-0.3, -0.25) is 0 Å². The van der Waals surface area contributed by atoms with E-state index in [1.54, 1.807) is 0 Å². The average Bonchev–Trinajstić information content (AvgIpc) is 2.23. The third kappa shape index (κ3) is 3.27. The first-order valence-corrected chi connectivity index (χ1v) is 5.79. The summed E-state index contributed by atoms with van der Waals surface area (Å²) >= 11 is 0. The molecule has 0 aliphatic heterocycles. The number of ether oxygens (including phenoxy) is 1. The SMILES string of the molecule is CCOc1c(C)cc(C)cc1CCCC#N. The minimum Gasteiger partial charge on any atom is -0.493 e. The second-order valence-corrected chi connectivity index (χ2v) is 4.01. The molecule has 1 aromatic carbocycles. The van der Waals surface area contributed by atoms with Crippen LogP contribution >= 0.6 is 0 Å². The Hall–Kier alpha value is -1.49. The van der Waals surface area contributed by atoms with Crippen molar-refractivity contribution in [3.63, 3.8) is 0 Å². The predicted molar refractivity (Wildman–Crippen MR) is 65.6 cm³/mol. The zero-order valence-corrected chi connectivity index (χ0v) is 10.3. The fraction of sp³-hybridized carbons (Fsp3) is 0.500. The molecular weight excluding hydrogens is 198 g/mol. The number of benzene rings is 1. The van der Waals surface area contributed by atoms with Crippen molar-refractivity contribution in [3.05, 3.63) is 28.8 Å². The van der Waals surface area contributed by atoms with E-state index in [0.717, 1.165) is 18.6 Å². The van der Waals surface area contributed by atoms with E-state index in [0.29, 0.717) is 13.0 Å². The lowest BCUT2D eigenvalue weighted by molar-refractivity contribution is 0.334. The molecule has 0 heterocycles. The molecule has 0 unspecified atom stereocenters. The monoisotopic (exact) mass is 217 g/mol. The fourth-order valence-corrected chi connectivity index (χ4v) is 1.94. The van der Waals surface area contributed by atoms with Crippen molar-refractivity contribution in [2.45, 2.75) is 40.0 Å². The van der Waals surface area contributed by atoms with Crippen LogP contribution in [0, 0.1) is 25.2 Å². The zero-order chi connectivity index (χ0) is 12.0. The van der Waals surface area contributed by atoms with Gasteiger partial charge in [0.25, 0.3) is 0 Å². The van der Waals surface area contributed by atoms with Gasteiger partial charge in [0.1, 0.15) is 5.75 Å². The molecule has 0 atom stereocenters. The highest BCUT2D eigenvalue weighted by molar-refractivity contribution is 5.43. The van der Waals surface area contributed by atoms with Crippen LogP contribution in [0.2, 0.25) is 0 Å². The highest BCUT2D eigenvalue weighted by atomic mass is 16.5. The minimum absolute atomic E-state index is 0.610. The smallest absolute Gasteiger partial charge is 0.125 e. The molecule has 0 bridgehead atoms. The van der Waals surface area contributed by atoms with Gasteiger partial charge in [-0.1, -0.05) is 17.7 Å². The van der Waals surface area contributed by atoms with Gasteiger partial charge in [-0.25, -0.2) is 0 Å². The van der Waals surface area contributed by atoms with E-state index in [1.165, 1.54) is 16.7 Å². The van der Waals surface area contributed by atoms with Crippen LogP contribution in [0.5, 0.6) is 5.75 Å². The molecule has 2 nitrogen and oxygen atoms in total. The maximum absolute atomic E-state index is 8.54.